The fraction of sp³-hybridized carbons (Fsp3) is 0.467. The lowest BCUT2D eigenvalue weighted by Crippen LogP contribution is -2.31. The van der Waals surface area contributed by atoms with E-state index in [1.807, 2.05) is 0 Å². The molecule has 2 bridgehead atoms. The van der Waals surface area contributed by atoms with E-state index in [2.05, 4.69) is 32.5 Å². The first-order valence-electron chi connectivity index (χ1n) is 7.48. The van der Waals surface area contributed by atoms with Crippen LogP contribution in [-0.2, 0) is 4.79 Å². The Hall–Kier alpha value is -2.44. The van der Waals surface area contributed by atoms with E-state index in [0.29, 0.717) is 29.1 Å². The smallest absolute Gasteiger partial charge is 0.298 e. The monoisotopic (exact) mass is 299 g/mol. The van der Waals surface area contributed by atoms with Gasteiger partial charge in [-0.3, -0.25) is 14.7 Å². The molecule has 1 saturated carbocycles. The van der Waals surface area contributed by atoms with Crippen LogP contribution in [0.2, 0.25) is 0 Å². The number of nitrogens with zero attached hydrogens (tertiary/aromatic N) is 3. The maximum Gasteiger partial charge on any atom is 0.298 e. The molecular weight excluding hydrogens is 282 g/mol. The van der Waals surface area contributed by atoms with Gasteiger partial charge in [-0.25, -0.2) is 4.98 Å². The fourth-order valence-electron chi connectivity index (χ4n) is 3.57. The number of rotatable bonds is 2. The third kappa shape index (κ3) is 1.88. The van der Waals surface area contributed by atoms with Crippen molar-refractivity contribution in [3.05, 3.63) is 34.0 Å². The third-order valence-corrected chi connectivity index (χ3v) is 4.65. The number of aryl methyl sites for hydroxylation is 2. The number of carbonyl (C=O) groups is 1. The summed E-state index contributed by atoms with van der Waals surface area (Å²) in [5.74, 6) is 1.61. The number of aromatic nitrogens is 4. The number of H-pyrrole nitrogens is 1. The average molecular weight is 299 g/mol. The minimum Gasteiger partial charge on any atom is -0.320 e. The predicted molar refractivity (Wildman–Crippen MR) is 80.6 cm³/mol. The molecule has 2 aromatic heterocycles. The minimum atomic E-state index is -0.324. The van der Waals surface area contributed by atoms with Crippen LogP contribution in [0.15, 0.2) is 16.9 Å². The van der Waals surface area contributed by atoms with Crippen molar-refractivity contribution in [3.8, 4) is 0 Å². The summed E-state index contributed by atoms with van der Waals surface area (Å²) in [6.45, 7) is 3.46. The number of aromatic amines is 1. The molecule has 2 aliphatic rings. The molecule has 0 saturated heterocycles. The second-order valence-electron chi connectivity index (χ2n) is 6.20. The maximum absolute atomic E-state index is 12.5. The van der Waals surface area contributed by atoms with Gasteiger partial charge < -0.3 is 5.32 Å². The largest absolute Gasteiger partial charge is 0.320 e. The quantitative estimate of drug-likeness (QED) is 0.815. The molecule has 0 radical (unpaired) electrons. The van der Waals surface area contributed by atoms with Crippen molar-refractivity contribution in [2.75, 3.05) is 5.32 Å². The molecule has 0 spiro atoms. The lowest BCUT2D eigenvalue weighted by molar-refractivity contribution is -0.120. The Morgan fingerprint density at radius 2 is 2.14 bits per heavy atom. The first-order valence-corrected chi connectivity index (χ1v) is 7.48. The zero-order valence-corrected chi connectivity index (χ0v) is 12.5. The van der Waals surface area contributed by atoms with Crippen LogP contribution in [0.1, 0.15) is 24.4 Å². The molecule has 0 unspecified atom stereocenters. The molecule has 3 atom stereocenters. The van der Waals surface area contributed by atoms with Crippen LogP contribution in [0.25, 0.3) is 5.78 Å². The molecule has 114 valence electrons. The zero-order chi connectivity index (χ0) is 15.4. The van der Waals surface area contributed by atoms with Crippen molar-refractivity contribution in [1.29, 1.82) is 0 Å². The molecule has 2 aromatic rings. The highest BCUT2D eigenvalue weighted by molar-refractivity contribution is 5.93. The predicted octanol–water partition coefficient (Wildman–Crippen LogP) is 1.19. The second kappa shape index (κ2) is 4.53. The van der Waals surface area contributed by atoms with Crippen LogP contribution in [-0.4, -0.2) is 25.5 Å². The maximum atomic E-state index is 12.5. The normalized spacial score (nSPS) is 26.0. The molecule has 1 amide bonds. The number of anilines is 1. The Labute approximate surface area is 126 Å². The molecule has 7 nitrogen and oxygen atoms in total. The summed E-state index contributed by atoms with van der Waals surface area (Å²) in [7, 11) is 0. The van der Waals surface area contributed by atoms with Crippen LogP contribution in [0.5, 0.6) is 0 Å². The first kappa shape index (κ1) is 13.2. The fourth-order valence-corrected chi connectivity index (χ4v) is 3.57. The van der Waals surface area contributed by atoms with Crippen molar-refractivity contribution >= 4 is 17.4 Å². The molecule has 2 heterocycles. The molecule has 7 heteroatoms. The van der Waals surface area contributed by atoms with Gasteiger partial charge in [-0.2, -0.15) is 9.50 Å². The van der Waals surface area contributed by atoms with Crippen LogP contribution in [0.4, 0.5) is 5.69 Å². The topological polar surface area (TPSA) is 92.2 Å². The van der Waals surface area contributed by atoms with Crippen LogP contribution < -0.4 is 10.9 Å². The molecule has 2 N–H and O–H groups in total. The molecule has 22 heavy (non-hydrogen) atoms. The molecule has 1 fully saturated rings. The van der Waals surface area contributed by atoms with E-state index in [9.17, 15) is 9.59 Å². The van der Waals surface area contributed by atoms with Crippen molar-refractivity contribution in [2.45, 2.75) is 26.7 Å². The Balaban J connectivity index is 1.68. The molecule has 2 aliphatic carbocycles. The van der Waals surface area contributed by atoms with Crippen LogP contribution in [0, 0.1) is 31.6 Å². The lowest BCUT2D eigenvalue weighted by Gasteiger charge is -2.17. The van der Waals surface area contributed by atoms with E-state index in [-0.39, 0.29) is 23.1 Å². The van der Waals surface area contributed by atoms with Gasteiger partial charge in [-0.05, 0) is 38.5 Å². The zero-order valence-electron chi connectivity index (χ0n) is 12.5. The van der Waals surface area contributed by atoms with Crippen LogP contribution in [0.3, 0.4) is 0 Å². The van der Waals surface area contributed by atoms with Gasteiger partial charge in [0.2, 0.25) is 5.91 Å². The van der Waals surface area contributed by atoms with Gasteiger partial charge in [0.25, 0.3) is 11.3 Å². The lowest BCUT2D eigenvalue weighted by atomic mass is 9.93. The summed E-state index contributed by atoms with van der Waals surface area (Å²) >= 11 is 0. The highest BCUT2D eigenvalue weighted by Gasteiger charge is 2.40. The highest BCUT2D eigenvalue weighted by Crippen LogP contribution is 2.43. The van der Waals surface area contributed by atoms with Crippen molar-refractivity contribution in [3.63, 3.8) is 0 Å². The van der Waals surface area contributed by atoms with Gasteiger partial charge in [0.1, 0.15) is 11.5 Å². The SMILES string of the molecule is Cc1nc2nc(C)c(NC(=O)[C@@H]3C[C@@H]4C=C[C@H]3C4)c(=O)n2[nH]1. The number of nitrogens with one attached hydrogen (secondary N) is 2. The Morgan fingerprint density at radius 3 is 2.82 bits per heavy atom. The van der Waals surface area contributed by atoms with Gasteiger partial charge in [-0.1, -0.05) is 12.2 Å². The summed E-state index contributed by atoms with van der Waals surface area (Å²) in [5.41, 5.74) is 0.400. The summed E-state index contributed by atoms with van der Waals surface area (Å²) in [4.78, 5) is 33.4. The number of allylic oxidation sites excluding steroid dienone is 2. The van der Waals surface area contributed by atoms with E-state index in [1.54, 1.807) is 13.8 Å². The Kier molecular flexibility index (Phi) is 2.72. The number of fused-ring (bicyclic) bond motifs is 3. The summed E-state index contributed by atoms with van der Waals surface area (Å²) in [5, 5.41) is 5.62. The molecule has 0 aromatic carbocycles. The summed E-state index contributed by atoms with van der Waals surface area (Å²) < 4.78 is 1.26. The second-order valence-corrected chi connectivity index (χ2v) is 6.20. The Morgan fingerprint density at radius 1 is 1.32 bits per heavy atom. The van der Waals surface area contributed by atoms with E-state index in [4.69, 9.17) is 0 Å². The highest BCUT2D eigenvalue weighted by atomic mass is 16.2. The molecule has 0 aliphatic heterocycles. The summed E-state index contributed by atoms with van der Waals surface area (Å²) in [6, 6.07) is 0. The van der Waals surface area contributed by atoms with Crippen molar-refractivity contribution in [1.82, 2.24) is 19.6 Å². The van der Waals surface area contributed by atoms with Gasteiger partial charge in [0, 0.05) is 5.92 Å². The molecule has 4 rings (SSSR count). The number of carbonyl (C=O) groups excluding carboxylic acids is 1. The molecular formula is C15H17N5O2. The van der Waals surface area contributed by atoms with Crippen molar-refractivity contribution < 1.29 is 4.79 Å². The van der Waals surface area contributed by atoms with E-state index in [1.165, 1.54) is 4.52 Å². The minimum absolute atomic E-state index is 0.0435. The van der Waals surface area contributed by atoms with Gasteiger partial charge in [-0.15, -0.1) is 0 Å². The van der Waals surface area contributed by atoms with Gasteiger partial charge in [0.05, 0.1) is 5.69 Å². The average Bonchev–Trinajstić information content (AvgIpc) is 3.17. The number of hydrogen-bond donors (Lipinski definition) is 2. The summed E-state index contributed by atoms with van der Waals surface area (Å²) in [6.07, 6.45) is 6.23. The Bertz CT molecular complexity index is 863. The number of hydrogen-bond acceptors (Lipinski definition) is 4. The van der Waals surface area contributed by atoms with Gasteiger partial charge >= 0.3 is 0 Å². The van der Waals surface area contributed by atoms with E-state index in [0.717, 1.165) is 12.8 Å². The standard InChI is InChI=1S/C15H17N5O2/c1-7-12(14(22)20-15(16-7)17-8(2)19-20)18-13(21)11-6-9-3-4-10(11)5-9/h3-4,9-11H,5-6H2,1-2H3,(H,18,21)(H,16,17,19)/t9-,10+,11-/m1/s1. The third-order valence-electron chi connectivity index (χ3n) is 4.65. The van der Waals surface area contributed by atoms with E-state index < -0.39 is 0 Å². The van der Waals surface area contributed by atoms with Crippen LogP contribution >= 0.6 is 0 Å². The van der Waals surface area contributed by atoms with Crippen molar-refractivity contribution in [2.24, 2.45) is 17.8 Å². The first-order chi connectivity index (χ1) is 10.5. The van der Waals surface area contributed by atoms with E-state index >= 15 is 0 Å². The van der Waals surface area contributed by atoms with Gasteiger partial charge in [0.15, 0.2) is 0 Å². The number of amides is 1.